The van der Waals surface area contributed by atoms with E-state index in [4.69, 9.17) is 9.47 Å². The molecule has 6 atom stereocenters. The second-order valence-electron chi connectivity index (χ2n) is 16.6. The lowest BCUT2D eigenvalue weighted by atomic mass is 9.93. The van der Waals surface area contributed by atoms with Crippen LogP contribution in [0.1, 0.15) is 65.0 Å². The van der Waals surface area contributed by atoms with Crippen LogP contribution in [0.5, 0.6) is 0 Å². The minimum absolute atomic E-state index is 0.0824. The number of benzene rings is 2. The van der Waals surface area contributed by atoms with Gasteiger partial charge in [0.25, 0.3) is 0 Å². The van der Waals surface area contributed by atoms with E-state index >= 15 is 0 Å². The molecule has 1 unspecified atom stereocenters. The number of Topliss-reactive ketones (excluding diaryl/α,β-unsaturated/α-hetero) is 1. The van der Waals surface area contributed by atoms with Crippen molar-refractivity contribution in [3.05, 3.63) is 71.8 Å². The third kappa shape index (κ3) is 11.7. The van der Waals surface area contributed by atoms with Crippen LogP contribution >= 0.6 is 0 Å². The lowest BCUT2D eigenvalue weighted by molar-refractivity contribution is -0.149. The molecule has 0 radical (unpaired) electrons. The van der Waals surface area contributed by atoms with Crippen molar-refractivity contribution in [3.63, 3.8) is 0 Å². The first kappa shape index (κ1) is 42.0. The molecule has 0 aromatic heterocycles. The van der Waals surface area contributed by atoms with Crippen molar-refractivity contribution in [1.82, 2.24) is 25.8 Å². The Hall–Kier alpha value is -4.17. The highest BCUT2D eigenvalue weighted by molar-refractivity contribution is 5.99. The molecule has 0 bridgehead atoms. The Balaban J connectivity index is 1.40. The highest BCUT2D eigenvalue weighted by Crippen LogP contribution is 2.54. The van der Waals surface area contributed by atoms with Crippen LogP contribution in [0, 0.1) is 17.3 Å². The number of morpholine rings is 1. The quantitative estimate of drug-likeness (QED) is 0.117. The molecular weight excluding hydrogens is 702 g/mol. The molecular formula is C42H59N5O8. The Morgan fingerprint density at radius 2 is 1.44 bits per heavy atom. The molecule has 5 rings (SSSR count). The van der Waals surface area contributed by atoms with Crippen LogP contribution in [-0.2, 0) is 46.3 Å². The van der Waals surface area contributed by atoms with Crippen molar-refractivity contribution < 1.29 is 38.6 Å². The fourth-order valence-electron chi connectivity index (χ4n) is 7.41. The molecule has 2 aromatic carbocycles. The van der Waals surface area contributed by atoms with Crippen LogP contribution in [0.4, 0.5) is 0 Å². The van der Waals surface area contributed by atoms with Gasteiger partial charge in [-0.3, -0.25) is 28.9 Å². The van der Waals surface area contributed by atoms with Gasteiger partial charge in [-0.15, -0.1) is 0 Å². The van der Waals surface area contributed by atoms with Gasteiger partial charge >= 0.3 is 0 Å². The van der Waals surface area contributed by atoms with E-state index in [2.05, 4.69) is 16.0 Å². The summed E-state index contributed by atoms with van der Waals surface area (Å²) in [5, 5.41) is 19.6. The third-order valence-corrected chi connectivity index (χ3v) is 11.0. The molecule has 4 N–H and O–H groups in total. The number of carbonyl (C=O) groups excluding carboxylic acids is 5. The highest BCUT2D eigenvalue weighted by Gasteiger charge is 2.56. The fourth-order valence-corrected chi connectivity index (χ4v) is 7.41. The van der Waals surface area contributed by atoms with E-state index in [9.17, 15) is 29.1 Å². The van der Waals surface area contributed by atoms with Gasteiger partial charge in [-0.2, -0.15) is 0 Å². The van der Waals surface area contributed by atoms with Crippen LogP contribution < -0.4 is 16.0 Å². The van der Waals surface area contributed by atoms with Gasteiger partial charge in [-0.25, -0.2) is 0 Å². The summed E-state index contributed by atoms with van der Waals surface area (Å²) >= 11 is 0. The lowest BCUT2D eigenvalue weighted by Crippen LogP contribution is -2.61. The highest BCUT2D eigenvalue weighted by atomic mass is 16.6. The number of ketones is 1. The maximum absolute atomic E-state index is 14.6. The average molecular weight is 762 g/mol. The second kappa shape index (κ2) is 18.6. The van der Waals surface area contributed by atoms with Gasteiger partial charge in [-0.05, 0) is 61.0 Å². The van der Waals surface area contributed by atoms with Crippen molar-refractivity contribution in [2.24, 2.45) is 17.3 Å². The van der Waals surface area contributed by atoms with Crippen molar-refractivity contribution in [3.8, 4) is 0 Å². The average Bonchev–Trinajstić information content (AvgIpc) is 4.07. The number of nitrogens with zero attached hydrogens (tertiary/aromatic N) is 2. The molecule has 2 saturated heterocycles. The second-order valence-corrected chi connectivity index (χ2v) is 16.6. The Bertz CT molecular complexity index is 1630. The van der Waals surface area contributed by atoms with E-state index in [0.717, 1.165) is 16.0 Å². The Morgan fingerprint density at radius 3 is 1.98 bits per heavy atom. The largest absolute Gasteiger partial charge is 0.379 e. The molecule has 1 saturated carbocycles. The summed E-state index contributed by atoms with van der Waals surface area (Å²) in [5.74, 6) is -2.51. The van der Waals surface area contributed by atoms with E-state index in [-0.39, 0.29) is 54.9 Å². The number of aliphatic hydroxyl groups excluding tert-OH is 1. The summed E-state index contributed by atoms with van der Waals surface area (Å²) in [7, 11) is 0. The predicted octanol–water partition coefficient (Wildman–Crippen LogP) is 2.25. The topological polar surface area (TPSA) is 170 Å². The van der Waals surface area contributed by atoms with Crippen LogP contribution in [0.25, 0.3) is 0 Å². The zero-order chi connectivity index (χ0) is 39.8. The van der Waals surface area contributed by atoms with E-state index in [1.807, 2.05) is 93.3 Å². The van der Waals surface area contributed by atoms with Crippen LogP contribution in [-0.4, -0.2) is 120 Å². The SMILES string of the molecule is CC(C)C[C@H](NC(=O)[C@H](Cc1ccccc1)NC(=O)[C@H](C1CC1(C)C)N(CO)C(=O)[C@H](CCc1ccccc1)NC(=O)CN1CCOCC1)C(=O)[C@@]1(C)CO1. The summed E-state index contributed by atoms with van der Waals surface area (Å²) in [4.78, 5) is 73.2. The van der Waals surface area contributed by atoms with E-state index in [1.54, 1.807) is 6.92 Å². The summed E-state index contributed by atoms with van der Waals surface area (Å²) in [6.45, 7) is 11.4. The summed E-state index contributed by atoms with van der Waals surface area (Å²) < 4.78 is 10.8. The van der Waals surface area contributed by atoms with Crippen molar-refractivity contribution >= 4 is 29.4 Å². The summed E-state index contributed by atoms with van der Waals surface area (Å²) in [6, 6.07) is 14.7. The molecule has 55 heavy (non-hydrogen) atoms. The minimum atomic E-state index is -1.14. The number of hydrogen-bond acceptors (Lipinski definition) is 9. The molecule has 2 aliphatic heterocycles. The Morgan fingerprint density at radius 1 is 0.855 bits per heavy atom. The van der Waals surface area contributed by atoms with Gasteiger partial charge in [0.2, 0.25) is 23.6 Å². The van der Waals surface area contributed by atoms with Crippen molar-refractivity contribution in [2.75, 3.05) is 46.2 Å². The van der Waals surface area contributed by atoms with Crippen LogP contribution in [0.15, 0.2) is 60.7 Å². The maximum Gasteiger partial charge on any atom is 0.247 e. The molecule has 1 aliphatic carbocycles. The van der Waals surface area contributed by atoms with Gasteiger partial charge in [0.1, 0.15) is 30.5 Å². The van der Waals surface area contributed by atoms with Gasteiger partial charge in [0.05, 0.1) is 32.4 Å². The van der Waals surface area contributed by atoms with E-state index < -0.39 is 54.2 Å². The van der Waals surface area contributed by atoms with Gasteiger partial charge in [0, 0.05) is 19.5 Å². The first-order valence-electron chi connectivity index (χ1n) is 19.6. The smallest absolute Gasteiger partial charge is 0.247 e. The summed E-state index contributed by atoms with van der Waals surface area (Å²) in [6.07, 6.45) is 1.83. The van der Waals surface area contributed by atoms with Crippen molar-refractivity contribution in [1.29, 1.82) is 0 Å². The molecule has 4 amide bonds. The minimum Gasteiger partial charge on any atom is -0.379 e. The number of hydrogen-bond donors (Lipinski definition) is 4. The van der Waals surface area contributed by atoms with Crippen LogP contribution in [0.2, 0.25) is 0 Å². The first-order chi connectivity index (χ1) is 26.2. The van der Waals surface area contributed by atoms with E-state index in [0.29, 0.717) is 45.6 Å². The molecule has 300 valence electrons. The number of amides is 4. The number of rotatable bonds is 20. The molecule has 3 fully saturated rings. The van der Waals surface area contributed by atoms with Crippen molar-refractivity contribution in [2.45, 2.75) is 96.5 Å². The number of nitrogens with one attached hydrogen (secondary N) is 3. The predicted molar refractivity (Wildman–Crippen MR) is 206 cm³/mol. The molecule has 0 spiro atoms. The number of aryl methyl sites for hydroxylation is 1. The number of carbonyl (C=O) groups is 5. The normalized spacial score (nSPS) is 22.4. The standard InChI is InChI=1S/C42H59N5O8/c1-28(2)22-33(37(50)42(5)26-55-42)44-38(51)34(23-30-14-10-7-11-15-30)45-39(52)36(31-24-41(31,3)4)47(27-48)40(53)32(17-16-29-12-8-6-9-13-29)43-35(49)25-46-18-20-54-21-19-46/h6-15,28,31-34,36,48H,16-27H2,1-5H3,(H,43,49)(H,44,51)(H,45,52)/t31?,32-,33-,34-,36-,42+/m0/s1. The molecule has 2 aromatic rings. The molecule has 3 aliphatic rings. The molecule has 13 heteroatoms. The van der Waals surface area contributed by atoms with E-state index in [1.165, 1.54) is 0 Å². The lowest BCUT2D eigenvalue weighted by Gasteiger charge is -2.35. The Kier molecular flexibility index (Phi) is 14.2. The fraction of sp³-hybridized carbons (Fsp3) is 0.595. The number of epoxide rings is 1. The molecule has 2 heterocycles. The third-order valence-electron chi connectivity index (χ3n) is 11.0. The van der Waals surface area contributed by atoms with Crippen LogP contribution in [0.3, 0.4) is 0 Å². The maximum atomic E-state index is 14.6. The number of aliphatic hydroxyl groups is 1. The zero-order valence-electron chi connectivity index (χ0n) is 32.9. The van der Waals surface area contributed by atoms with Gasteiger partial charge in [0.15, 0.2) is 5.78 Å². The monoisotopic (exact) mass is 761 g/mol. The summed E-state index contributed by atoms with van der Waals surface area (Å²) in [5.41, 5.74) is 0.474. The van der Waals surface area contributed by atoms with Gasteiger partial charge in [-0.1, -0.05) is 88.4 Å². The zero-order valence-corrected chi connectivity index (χ0v) is 32.9. The first-order valence-corrected chi connectivity index (χ1v) is 19.6. The molecule has 13 nitrogen and oxygen atoms in total. The Labute approximate surface area is 324 Å². The van der Waals surface area contributed by atoms with Gasteiger partial charge < -0.3 is 35.4 Å². The number of ether oxygens (including phenoxy) is 2.